The van der Waals surface area contributed by atoms with Crippen LogP contribution in [0.1, 0.15) is 19.0 Å². The minimum Gasteiger partial charge on any atom is -0.312 e. The number of pyridine rings is 1. The number of nitrogens with zero attached hydrogens (tertiary/aromatic N) is 3. The third-order valence-corrected chi connectivity index (χ3v) is 4.20. The molecular weight excluding hydrogens is 248 g/mol. The molecule has 0 saturated carbocycles. The molecule has 4 nitrogen and oxygen atoms in total. The zero-order chi connectivity index (χ0) is 14.4. The topological polar surface area (TPSA) is 31.4 Å². The summed E-state index contributed by atoms with van der Waals surface area (Å²) in [7, 11) is 4.49. The monoisotopic (exact) mass is 276 g/mol. The van der Waals surface area contributed by atoms with E-state index in [1.54, 1.807) is 0 Å². The summed E-state index contributed by atoms with van der Waals surface area (Å²) in [4.78, 5) is 9.46. The quantitative estimate of drug-likeness (QED) is 0.877. The largest absolute Gasteiger partial charge is 0.312 e. The first kappa shape index (κ1) is 15.4. The van der Waals surface area contributed by atoms with Crippen molar-refractivity contribution in [2.45, 2.75) is 31.8 Å². The van der Waals surface area contributed by atoms with Gasteiger partial charge in [-0.3, -0.25) is 4.98 Å². The van der Waals surface area contributed by atoms with Crippen molar-refractivity contribution in [2.24, 2.45) is 0 Å². The second kappa shape index (κ2) is 7.72. The van der Waals surface area contributed by atoms with E-state index in [2.05, 4.69) is 53.3 Å². The van der Waals surface area contributed by atoms with E-state index in [4.69, 9.17) is 0 Å². The summed E-state index contributed by atoms with van der Waals surface area (Å²) in [5.74, 6) is 0. The molecule has 112 valence electrons. The van der Waals surface area contributed by atoms with Gasteiger partial charge in [0.15, 0.2) is 0 Å². The number of nitrogens with one attached hydrogen (secondary N) is 1. The molecule has 2 rings (SSSR count). The Morgan fingerprint density at radius 2 is 2.20 bits per heavy atom. The van der Waals surface area contributed by atoms with Gasteiger partial charge in [-0.2, -0.15) is 0 Å². The molecule has 1 aromatic rings. The molecular formula is C16H28N4. The van der Waals surface area contributed by atoms with Crippen LogP contribution in [0.5, 0.6) is 0 Å². The van der Waals surface area contributed by atoms with Gasteiger partial charge in [-0.05, 0) is 52.3 Å². The molecule has 1 fully saturated rings. The van der Waals surface area contributed by atoms with Gasteiger partial charge >= 0.3 is 0 Å². The summed E-state index contributed by atoms with van der Waals surface area (Å²) < 4.78 is 0. The Labute approximate surface area is 123 Å². The van der Waals surface area contributed by atoms with Crippen molar-refractivity contribution in [1.29, 1.82) is 0 Å². The Hall–Kier alpha value is -0.970. The second-order valence-corrected chi connectivity index (χ2v) is 5.85. The smallest absolute Gasteiger partial charge is 0.0419 e. The minimum atomic E-state index is 0.459. The molecule has 2 heterocycles. The molecule has 0 radical (unpaired) electrons. The number of hydrogen-bond donors (Lipinski definition) is 1. The molecule has 0 spiro atoms. The highest BCUT2D eigenvalue weighted by atomic mass is 15.2. The van der Waals surface area contributed by atoms with Gasteiger partial charge in [0.25, 0.3) is 0 Å². The summed E-state index contributed by atoms with van der Waals surface area (Å²) in [5, 5.41) is 3.67. The van der Waals surface area contributed by atoms with Crippen LogP contribution in [0.4, 0.5) is 0 Å². The van der Waals surface area contributed by atoms with Gasteiger partial charge in [-0.1, -0.05) is 13.0 Å². The van der Waals surface area contributed by atoms with Crippen molar-refractivity contribution in [1.82, 2.24) is 20.1 Å². The first-order valence-corrected chi connectivity index (χ1v) is 7.72. The maximum absolute atomic E-state index is 4.49. The van der Waals surface area contributed by atoms with Crippen molar-refractivity contribution in [3.05, 3.63) is 30.1 Å². The van der Waals surface area contributed by atoms with Gasteiger partial charge in [-0.15, -0.1) is 0 Å². The zero-order valence-corrected chi connectivity index (χ0v) is 13.0. The number of aromatic nitrogens is 1. The Kier molecular flexibility index (Phi) is 5.95. The van der Waals surface area contributed by atoms with Crippen molar-refractivity contribution in [2.75, 3.05) is 40.3 Å². The van der Waals surface area contributed by atoms with Crippen molar-refractivity contribution < 1.29 is 0 Å². The van der Waals surface area contributed by atoms with E-state index < -0.39 is 0 Å². The zero-order valence-electron chi connectivity index (χ0n) is 13.0. The van der Waals surface area contributed by atoms with E-state index in [0.29, 0.717) is 12.1 Å². The van der Waals surface area contributed by atoms with Crippen LogP contribution >= 0.6 is 0 Å². The van der Waals surface area contributed by atoms with Crippen molar-refractivity contribution in [3.63, 3.8) is 0 Å². The van der Waals surface area contributed by atoms with Crippen LogP contribution in [-0.4, -0.2) is 67.1 Å². The SMILES string of the molecule is CCNC(Cc1ccccn1)C1CN(C)CCCN1C. The average Bonchev–Trinajstić information content (AvgIpc) is 2.61. The van der Waals surface area contributed by atoms with E-state index >= 15 is 0 Å². The predicted octanol–water partition coefficient (Wildman–Crippen LogP) is 1.24. The number of hydrogen-bond acceptors (Lipinski definition) is 4. The van der Waals surface area contributed by atoms with E-state index in [0.717, 1.165) is 19.5 Å². The fourth-order valence-corrected chi connectivity index (χ4v) is 3.09. The highest BCUT2D eigenvalue weighted by Gasteiger charge is 2.28. The molecule has 2 atom stereocenters. The predicted molar refractivity (Wildman–Crippen MR) is 83.9 cm³/mol. The van der Waals surface area contributed by atoms with Crippen LogP contribution in [0.25, 0.3) is 0 Å². The molecule has 0 aromatic carbocycles. The Morgan fingerprint density at radius 3 is 2.90 bits per heavy atom. The van der Waals surface area contributed by atoms with Gasteiger partial charge in [-0.25, -0.2) is 0 Å². The molecule has 1 saturated heterocycles. The number of likely N-dealkylation sites (N-methyl/N-ethyl adjacent to an activating group) is 3. The highest BCUT2D eigenvalue weighted by Crippen LogP contribution is 2.13. The molecule has 0 aliphatic carbocycles. The first-order chi connectivity index (χ1) is 9.70. The van der Waals surface area contributed by atoms with Crippen LogP contribution in [0.2, 0.25) is 0 Å². The van der Waals surface area contributed by atoms with Crippen LogP contribution in [0.15, 0.2) is 24.4 Å². The summed E-state index contributed by atoms with van der Waals surface area (Å²) in [5.41, 5.74) is 1.18. The lowest BCUT2D eigenvalue weighted by molar-refractivity contribution is 0.177. The van der Waals surface area contributed by atoms with Crippen LogP contribution in [0, 0.1) is 0 Å². The van der Waals surface area contributed by atoms with E-state index in [9.17, 15) is 0 Å². The summed E-state index contributed by atoms with van der Waals surface area (Å²) in [6, 6.07) is 7.20. The lowest BCUT2D eigenvalue weighted by Crippen LogP contribution is -2.53. The third-order valence-electron chi connectivity index (χ3n) is 4.20. The van der Waals surface area contributed by atoms with Crippen LogP contribution in [0.3, 0.4) is 0 Å². The van der Waals surface area contributed by atoms with Crippen molar-refractivity contribution >= 4 is 0 Å². The highest BCUT2D eigenvalue weighted by molar-refractivity contribution is 5.07. The average molecular weight is 276 g/mol. The van der Waals surface area contributed by atoms with E-state index in [1.807, 2.05) is 12.3 Å². The first-order valence-electron chi connectivity index (χ1n) is 7.72. The third kappa shape index (κ3) is 4.27. The van der Waals surface area contributed by atoms with E-state index in [-0.39, 0.29) is 0 Å². The van der Waals surface area contributed by atoms with Crippen molar-refractivity contribution in [3.8, 4) is 0 Å². The van der Waals surface area contributed by atoms with Crippen LogP contribution in [-0.2, 0) is 6.42 Å². The summed E-state index contributed by atoms with van der Waals surface area (Å²) in [6.07, 6.45) is 4.14. The maximum atomic E-state index is 4.49. The molecule has 4 heteroatoms. The molecule has 1 aliphatic rings. The minimum absolute atomic E-state index is 0.459. The molecule has 20 heavy (non-hydrogen) atoms. The van der Waals surface area contributed by atoms with Gasteiger partial charge in [0.1, 0.15) is 0 Å². The Morgan fingerprint density at radius 1 is 1.35 bits per heavy atom. The van der Waals surface area contributed by atoms with E-state index in [1.165, 1.54) is 25.2 Å². The molecule has 1 N–H and O–H groups in total. The fourth-order valence-electron chi connectivity index (χ4n) is 3.09. The van der Waals surface area contributed by atoms with Gasteiger partial charge in [0.2, 0.25) is 0 Å². The normalized spacial score (nSPS) is 23.4. The lowest BCUT2D eigenvalue weighted by atomic mass is 10.0. The molecule has 2 unspecified atom stereocenters. The lowest BCUT2D eigenvalue weighted by Gasteiger charge is -2.35. The molecule has 0 amide bonds. The Bertz CT molecular complexity index is 381. The molecule has 1 aromatic heterocycles. The standard InChI is InChI=1S/C16H28N4/c1-4-17-15(12-14-8-5-6-9-18-14)16-13-19(2)10-7-11-20(16)3/h5-6,8-9,15-17H,4,7,10-13H2,1-3H3. The maximum Gasteiger partial charge on any atom is 0.0419 e. The van der Waals surface area contributed by atoms with Gasteiger partial charge < -0.3 is 15.1 Å². The fraction of sp³-hybridized carbons (Fsp3) is 0.688. The molecule has 0 bridgehead atoms. The molecule has 1 aliphatic heterocycles. The van der Waals surface area contributed by atoms with Gasteiger partial charge in [0, 0.05) is 36.9 Å². The number of rotatable bonds is 5. The summed E-state index contributed by atoms with van der Waals surface area (Å²) in [6.45, 7) is 6.70. The second-order valence-electron chi connectivity index (χ2n) is 5.85. The van der Waals surface area contributed by atoms with Gasteiger partial charge in [0.05, 0.1) is 0 Å². The summed E-state index contributed by atoms with van der Waals surface area (Å²) >= 11 is 0. The van der Waals surface area contributed by atoms with Crippen LogP contribution < -0.4 is 5.32 Å². The Balaban J connectivity index is 2.09.